The molecule has 1 aromatic carbocycles. The molecule has 17 heavy (non-hydrogen) atoms. The predicted molar refractivity (Wildman–Crippen MR) is 70.1 cm³/mol. The van der Waals surface area contributed by atoms with Gasteiger partial charge in [0.1, 0.15) is 5.75 Å². The summed E-state index contributed by atoms with van der Waals surface area (Å²) in [6.07, 6.45) is 0.850. The minimum atomic E-state index is -0.665. The van der Waals surface area contributed by atoms with Crippen molar-refractivity contribution in [1.82, 2.24) is 0 Å². The molecule has 96 valence electrons. The van der Waals surface area contributed by atoms with Gasteiger partial charge in [-0.05, 0) is 37.0 Å². The predicted octanol–water partition coefficient (Wildman–Crippen LogP) is 2.84. The zero-order valence-electron chi connectivity index (χ0n) is 10.2. The van der Waals surface area contributed by atoms with Gasteiger partial charge in [0, 0.05) is 10.6 Å². The number of rotatable bonds is 5. The van der Waals surface area contributed by atoms with Gasteiger partial charge < -0.3 is 15.9 Å². The summed E-state index contributed by atoms with van der Waals surface area (Å²) in [6.45, 7) is 4.18. The van der Waals surface area contributed by atoms with Crippen LogP contribution in [0.1, 0.15) is 38.3 Å². The molecule has 0 amide bonds. The smallest absolute Gasteiger partial charge is 0.120 e. The van der Waals surface area contributed by atoms with Gasteiger partial charge in [0.05, 0.1) is 12.1 Å². The van der Waals surface area contributed by atoms with Crippen LogP contribution >= 0.6 is 11.6 Å². The van der Waals surface area contributed by atoms with Crippen LogP contribution in [0, 0.1) is 5.92 Å². The minimum absolute atomic E-state index is 0.0745. The molecule has 1 aromatic rings. The molecule has 0 unspecified atom stereocenters. The SMILES string of the molecule is CC(C)CC[C@H](O)[C@H](N)c1cc(Cl)ccc1O. The summed E-state index contributed by atoms with van der Waals surface area (Å²) in [4.78, 5) is 0. The summed E-state index contributed by atoms with van der Waals surface area (Å²) in [5.74, 6) is 0.593. The number of hydrogen-bond acceptors (Lipinski definition) is 3. The number of phenolic OH excluding ortho intramolecular Hbond substituents is 1. The van der Waals surface area contributed by atoms with Crippen LogP contribution in [0.25, 0.3) is 0 Å². The monoisotopic (exact) mass is 257 g/mol. The van der Waals surface area contributed by atoms with Crippen molar-refractivity contribution in [2.24, 2.45) is 11.7 Å². The third kappa shape index (κ3) is 4.19. The summed E-state index contributed by atoms with van der Waals surface area (Å²) in [5, 5.41) is 20.1. The molecule has 0 aliphatic carbocycles. The van der Waals surface area contributed by atoms with E-state index in [1.54, 1.807) is 12.1 Å². The highest BCUT2D eigenvalue weighted by Crippen LogP contribution is 2.29. The molecule has 4 heteroatoms. The summed E-state index contributed by atoms with van der Waals surface area (Å²) >= 11 is 5.84. The van der Waals surface area contributed by atoms with Crippen molar-refractivity contribution in [2.45, 2.75) is 38.8 Å². The second-order valence-corrected chi connectivity index (χ2v) is 5.20. The summed E-state index contributed by atoms with van der Waals surface area (Å²) in [7, 11) is 0. The van der Waals surface area contributed by atoms with Crippen LogP contribution in [0.5, 0.6) is 5.75 Å². The lowest BCUT2D eigenvalue weighted by Crippen LogP contribution is -2.26. The average Bonchev–Trinajstić information content (AvgIpc) is 2.28. The normalized spacial score (nSPS) is 14.9. The maximum absolute atomic E-state index is 9.96. The zero-order chi connectivity index (χ0) is 13.0. The molecule has 1 rings (SSSR count). The maximum Gasteiger partial charge on any atom is 0.120 e. The molecule has 0 fully saturated rings. The first kappa shape index (κ1) is 14.3. The topological polar surface area (TPSA) is 66.5 Å². The molecule has 2 atom stereocenters. The van der Waals surface area contributed by atoms with Crippen molar-refractivity contribution < 1.29 is 10.2 Å². The summed E-state index contributed by atoms with van der Waals surface area (Å²) < 4.78 is 0. The fourth-order valence-electron chi connectivity index (χ4n) is 1.68. The average molecular weight is 258 g/mol. The second-order valence-electron chi connectivity index (χ2n) is 4.77. The molecule has 0 heterocycles. The highest BCUT2D eigenvalue weighted by molar-refractivity contribution is 6.30. The van der Waals surface area contributed by atoms with E-state index in [9.17, 15) is 10.2 Å². The molecule has 0 radical (unpaired) electrons. The van der Waals surface area contributed by atoms with E-state index >= 15 is 0 Å². The van der Waals surface area contributed by atoms with Gasteiger partial charge in [0.25, 0.3) is 0 Å². The van der Waals surface area contributed by atoms with Gasteiger partial charge in [0.2, 0.25) is 0 Å². The number of aliphatic hydroxyl groups excluding tert-OH is 1. The highest BCUT2D eigenvalue weighted by Gasteiger charge is 2.20. The van der Waals surface area contributed by atoms with Crippen LogP contribution in [0.4, 0.5) is 0 Å². The van der Waals surface area contributed by atoms with Crippen LogP contribution in [-0.4, -0.2) is 16.3 Å². The maximum atomic E-state index is 9.96. The van der Waals surface area contributed by atoms with Gasteiger partial charge in [-0.15, -0.1) is 0 Å². The highest BCUT2D eigenvalue weighted by atomic mass is 35.5. The van der Waals surface area contributed by atoms with E-state index < -0.39 is 12.1 Å². The first-order valence-corrected chi connectivity index (χ1v) is 6.21. The molecular weight excluding hydrogens is 238 g/mol. The Morgan fingerprint density at radius 1 is 1.29 bits per heavy atom. The van der Waals surface area contributed by atoms with Gasteiger partial charge in [-0.3, -0.25) is 0 Å². The lowest BCUT2D eigenvalue weighted by atomic mass is 9.95. The van der Waals surface area contributed by atoms with E-state index in [0.29, 0.717) is 22.9 Å². The Kier molecular flexibility index (Phi) is 5.25. The van der Waals surface area contributed by atoms with E-state index in [1.807, 2.05) is 0 Å². The number of aliphatic hydroxyl groups is 1. The molecule has 0 aliphatic rings. The van der Waals surface area contributed by atoms with Crippen molar-refractivity contribution in [3.05, 3.63) is 28.8 Å². The van der Waals surface area contributed by atoms with Crippen LogP contribution in [0.2, 0.25) is 5.02 Å². The van der Waals surface area contributed by atoms with E-state index in [-0.39, 0.29) is 5.75 Å². The lowest BCUT2D eigenvalue weighted by Gasteiger charge is -2.21. The van der Waals surface area contributed by atoms with Crippen molar-refractivity contribution in [1.29, 1.82) is 0 Å². The van der Waals surface area contributed by atoms with Crippen molar-refractivity contribution in [3.8, 4) is 5.75 Å². The number of nitrogens with two attached hydrogens (primary N) is 1. The second kappa shape index (κ2) is 6.24. The Hall–Kier alpha value is -0.770. The molecule has 0 saturated heterocycles. The van der Waals surface area contributed by atoms with E-state index in [4.69, 9.17) is 17.3 Å². The fourth-order valence-corrected chi connectivity index (χ4v) is 1.86. The molecule has 0 saturated carbocycles. The number of hydrogen-bond donors (Lipinski definition) is 3. The fraction of sp³-hybridized carbons (Fsp3) is 0.538. The van der Waals surface area contributed by atoms with Gasteiger partial charge in [0.15, 0.2) is 0 Å². The molecule has 0 bridgehead atoms. The number of aromatic hydroxyl groups is 1. The Bertz CT molecular complexity index is 368. The summed E-state index contributed by atoms with van der Waals surface area (Å²) in [6, 6.07) is 4.08. The third-order valence-corrected chi connectivity index (χ3v) is 3.04. The molecule has 0 aliphatic heterocycles. The Morgan fingerprint density at radius 2 is 1.94 bits per heavy atom. The first-order chi connectivity index (χ1) is 7.91. The largest absolute Gasteiger partial charge is 0.508 e. The van der Waals surface area contributed by atoms with Gasteiger partial charge in [-0.2, -0.15) is 0 Å². The van der Waals surface area contributed by atoms with Crippen LogP contribution in [-0.2, 0) is 0 Å². The van der Waals surface area contributed by atoms with E-state index in [1.165, 1.54) is 6.07 Å². The molecule has 0 aromatic heterocycles. The third-order valence-electron chi connectivity index (χ3n) is 2.80. The zero-order valence-corrected chi connectivity index (χ0v) is 11.0. The minimum Gasteiger partial charge on any atom is -0.508 e. The van der Waals surface area contributed by atoms with Crippen molar-refractivity contribution in [3.63, 3.8) is 0 Å². The number of phenols is 1. The van der Waals surface area contributed by atoms with Crippen molar-refractivity contribution >= 4 is 11.6 Å². The molecule has 3 nitrogen and oxygen atoms in total. The van der Waals surface area contributed by atoms with Gasteiger partial charge in [-0.25, -0.2) is 0 Å². The molecular formula is C13H20ClNO2. The standard InChI is InChI=1S/C13H20ClNO2/c1-8(2)3-5-12(17)13(15)10-7-9(14)4-6-11(10)16/h4,6-8,12-13,16-17H,3,5,15H2,1-2H3/t12-,13+/m0/s1. The molecule has 0 spiro atoms. The van der Waals surface area contributed by atoms with Gasteiger partial charge >= 0.3 is 0 Å². The van der Waals surface area contributed by atoms with Crippen LogP contribution in [0.15, 0.2) is 18.2 Å². The Balaban J connectivity index is 2.74. The quantitative estimate of drug-likeness (QED) is 0.760. The lowest BCUT2D eigenvalue weighted by molar-refractivity contribution is 0.127. The van der Waals surface area contributed by atoms with Crippen LogP contribution < -0.4 is 5.73 Å². The molecule has 4 N–H and O–H groups in total. The van der Waals surface area contributed by atoms with E-state index in [0.717, 1.165) is 6.42 Å². The number of benzene rings is 1. The number of halogens is 1. The first-order valence-electron chi connectivity index (χ1n) is 5.84. The van der Waals surface area contributed by atoms with Crippen LogP contribution in [0.3, 0.4) is 0 Å². The van der Waals surface area contributed by atoms with Gasteiger partial charge in [-0.1, -0.05) is 25.4 Å². The van der Waals surface area contributed by atoms with Crippen molar-refractivity contribution in [2.75, 3.05) is 0 Å². The Labute approximate surface area is 107 Å². The van der Waals surface area contributed by atoms with E-state index in [2.05, 4.69) is 13.8 Å². The Morgan fingerprint density at radius 3 is 2.53 bits per heavy atom. The summed E-state index contributed by atoms with van der Waals surface area (Å²) in [5.41, 5.74) is 6.42.